The Morgan fingerprint density at radius 3 is 2.65 bits per heavy atom. The Labute approximate surface area is 96.9 Å². The van der Waals surface area contributed by atoms with Crippen LogP contribution in [0.3, 0.4) is 0 Å². The number of rotatable bonds is 2. The van der Waals surface area contributed by atoms with Crippen molar-refractivity contribution in [3.05, 3.63) is 65.5 Å². The van der Waals surface area contributed by atoms with Gasteiger partial charge >= 0.3 is 0 Å². The molecule has 0 bridgehead atoms. The maximum atomic E-state index is 13.4. The highest BCUT2D eigenvalue weighted by atomic mass is 19.2. The van der Waals surface area contributed by atoms with Crippen molar-refractivity contribution in [2.24, 2.45) is 0 Å². The SMILES string of the molecule is O/C(=C/c1ccccn1)c1cccc(F)c1F. The van der Waals surface area contributed by atoms with Crippen molar-refractivity contribution < 1.29 is 13.9 Å². The van der Waals surface area contributed by atoms with Crippen molar-refractivity contribution in [1.29, 1.82) is 0 Å². The molecular weight excluding hydrogens is 224 g/mol. The van der Waals surface area contributed by atoms with E-state index >= 15 is 0 Å². The number of aromatic nitrogens is 1. The van der Waals surface area contributed by atoms with Crippen molar-refractivity contribution in [3.8, 4) is 0 Å². The van der Waals surface area contributed by atoms with E-state index < -0.39 is 11.6 Å². The number of aliphatic hydroxyl groups excluding tert-OH is 1. The summed E-state index contributed by atoms with van der Waals surface area (Å²) in [6.45, 7) is 0. The molecule has 2 nitrogen and oxygen atoms in total. The summed E-state index contributed by atoms with van der Waals surface area (Å²) >= 11 is 0. The lowest BCUT2D eigenvalue weighted by atomic mass is 10.1. The van der Waals surface area contributed by atoms with Gasteiger partial charge in [-0.1, -0.05) is 12.1 Å². The lowest BCUT2D eigenvalue weighted by Crippen LogP contribution is -1.93. The van der Waals surface area contributed by atoms with Crippen LogP contribution >= 0.6 is 0 Å². The number of halogens is 2. The number of aliphatic hydroxyl groups is 1. The molecule has 0 amide bonds. The van der Waals surface area contributed by atoms with Crippen LogP contribution in [0.1, 0.15) is 11.3 Å². The van der Waals surface area contributed by atoms with Crippen LogP contribution in [0.25, 0.3) is 11.8 Å². The van der Waals surface area contributed by atoms with E-state index in [9.17, 15) is 13.9 Å². The molecule has 0 aliphatic rings. The summed E-state index contributed by atoms with van der Waals surface area (Å²) in [7, 11) is 0. The van der Waals surface area contributed by atoms with E-state index in [1.807, 2.05) is 0 Å². The zero-order valence-electron chi connectivity index (χ0n) is 8.77. The molecule has 0 radical (unpaired) electrons. The molecule has 0 saturated heterocycles. The van der Waals surface area contributed by atoms with Crippen molar-refractivity contribution in [1.82, 2.24) is 4.98 Å². The van der Waals surface area contributed by atoms with Gasteiger partial charge in [-0.2, -0.15) is 0 Å². The number of nitrogens with zero attached hydrogens (tertiary/aromatic N) is 1. The fourth-order valence-electron chi connectivity index (χ4n) is 1.38. The molecule has 1 N–H and O–H groups in total. The molecular formula is C13H9F2NO. The highest BCUT2D eigenvalue weighted by molar-refractivity contribution is 5.75. The summed E-state index contributed by atoms with van der Waals surface area (Å²) in [6, 6.07) is 8.72. The average Bonchev–Trinajstić information content (AvgIpc) is 2.34. The zero-order chi connectivity index (χ0) is 12.3. The van der Waals surface area contributed by atoms with Gasteiger partial charge in [0.15, 0.2) is 11.6 Å². The summed E-state index contributed by atoms with van der Waals surface area (Å²) in [5, 5.41) is 9.69. The first-order valence-corrected chi connectivity index (χ1v) is 4.94. The van der Waals surface area contributed by atoms with E-state index in [-0.39, 0.29) is 11.3 Å². The molecule has 2 rings (SSSR count). The second kappa shape index (κ2) is 4.74. The first-order chi connectivity index (χ1) is 8.18. The van der Waals surface area contributed by atoms with E-state index in [0.717, 1.165) is 6.07 Å². The molecule has 0 aliphatic heterocycles. The first-order valence-electron chi connectivity index (χ1n) is 4.94. The van der Waals surface area contributed by atoms with Crippen molar-refractivity contribution in [3.63, 3.8) is 0 Å². The molecule has 86 valence electrons. The second-order valence-electron chi connectivity index (χ2n) is 3.39. The lowest BCUT2D eigenvalue weighted by Gasteiger charge is -2.02. The Kier molecular flexibility index (Phi) is 3.14. The van der Waals surface area contributed by atoms with Gasteiger partial charge in [-0.15, -0.1) is 0 Å². The third-order valence-corrected chi connectivity index (χ3v) is 2.20. The summed E-state index contributed by atoms with van der Waals surface area (Å²) < 4.78 is 26.3. The Morgan fingerprint density at radius 1 is 1.12 bits per heavy atom. The van der Waals surface area contributed by atoms with Gasteiger partial charge in [-0.25, -0.2) is 8.78 Å². The van der Waals surface area contributed by atoms with E-state index in [0.29, 0.717) is 5.69 Å². The van der Waals surface area contributed by atoms with Gasteiger partial charge in [0, 0.05) is 12.3 Å². The third kappa shape index (κ3) is 2.47. The Bertz CT molecular complexity index is 553. The molecule has 0 atom stereocenters. The van der Waals surface area contributed by atoms with Gasteiger partial charge in [0.05, 0.1) is 11.3 Å². The van der Waals surface area contributed by atoms with Crippen molar-refractivity contribution in [2.75, 3.05) is 0 Å². The van der Waals surface area contributed by atoms with E-state index in [1.54, 1.807) is 24.4 Å². The molecule has 2 aromatic rings. The van der Waals surface area contributed by atoms with Crippen LogP contribution in [0.15, 0.2) is 42.6 Å². The lowest BCUT2D eigenvalue weighted by molar-refractivity contribution is 0.480. The highest BCUT2D eigenvalue weighted by Gasteiger charge is 2.10. The minimum absolute atomic E-state index is 0.185. The van der Waals surface area contributed by atoms with Crippen LogP contribution in [0.2, 0.25) is 0 Å². The van der Waals surface area contributed by atoms with Crippen LogP contribution in [-0.4, -0.2) is 10.1 Å². The third-order valence-electron chi connectivity index (χ3n) is 2.20. The molecule has 0 fully saturated rings. The standard InChI is InChI=1S/C13H9F2NO/c14-11-6-3-5-10(13(11)15)12(17)8-9-4-1-2-7-16-9/h1-8,17H/b12-8+. The van der Waals surface area contributed by atoms with Gasteiger partial charge < -0.3 is 5.11 Å². The van der Waals surface area contributed by atoms with Crippen molar-refractivity contribution >= 4 is 11.8 Å². The molecule has 0 spiro atoms. The van der Waals surface area contributed by atoms with Crippen LogP contribution in [-0.2, 0) is 0 Å². The molecule has 0 aliphatic carbocycles. The summed E-state index contributed by atoms with van der Waals surface area (Å²) in [6.07, 6.45) is 2.82. The smallest absolute Gasteiger partial charge is 0.169 e. The molecule has 0 unspecified atom stereocenters. The Balaban J connectivity index is 2.41. The minimum atomic E-state index is -1.07. The second-order valence-corrected chi connectivity index (χ2v) is 3.39. The summed E-state index contributed by atoms with van der Waals surface area (Å²) in [4.78, 5) is 3.94. The number of benzene rings is 1. The van der Waals surface area contributed by atoms with Crippen LogP contribution in [0.5, 0.6) is 0 Å². The fraction of sp³-hybridized carbons (Fsp3) is 0. The summed E-state index contributed by atoms with van der Waals surface area (Å²) in [5.41, 5.74) is 0.282. The number of hydrogen-bond acceptors (Lipinski definition) is 2. The van der Waals surface area contributed by atoms with E-state index in [4.69, 9.17) is 0 Å². The monoisotopic (exact) mass is 233 g/mol. The van der Waals surface area contributed by atoms with Gasteiger partial charge in [-0.3, -0.25) is 4.98 Å². The Morgan fingerprint density at radius 2 is 1.94 bits per heavy atom. The molecule has 1 aromatic carbocycles. The fourth-order valence-corrected chi connectivity index (χ4v) is 1.38. The van der Waals surface area contributed by atoms with Gasteiger partial charge in [0.2, 0.25) is 0 Å². The van der Waals surface area contributed by atoms with Crippen LogP contribution < -0.4 is 0 Å². The quantitative estimate of drug-likeness (QED) is 0.806. The topological polar surface area (TPSA) is 33.1 Å². The van der Waals surface area contributed by atoms with Gasteiger partial charge in [-0.05, 0) is 24.3 Å². The normalized spacial score (nSPS) is 11.5. The predicted molar refractivity (Wildman–Crippen MR) is 61.1 cm³/mol. The molecule has 0 saturated carbocycles. The molecule has 4 heteroatoms. The Hall–Kier alpha value is -2.23. The number of hydrogen-bond donors (Lipinski definition) is 1. The minimum Gasteiger partial charge on any atom is -0.507 e. The van der Waals surface area contributed by atoms with Crippen LogP contribution in [0, 0.1) is 11.6 Å². The van der Waals surface area contributed by atoms with Crippen LogP contribution in [0.4, 0.5) is 8.78 Å². The molecule has 1 heterocycles. The average molecular weight is 233 g/mol. The highest BCUT2D eigenvalue weighted by Crippen LogP contribution is 2.19. The van der Waals surface area contributed by atoms with Gasteiger partial charge in [0.1, 0.15) is 5.76 Å². The number of pyridine rings is 1. The van der Waals surface area contributed by atoms with Gasteiger partial charge in [0.25, 0.3) is 0 Å². The maximum Gasteiger partial charge on any atom is 0.169 e. The van der Waals surface area contributed by atoms with Crippen molar-refractivity contribution in [2.45, 2.75) is 0 Å². The van der Waals surface area contributed by atoms with E-state index in [1.165, 1.54) is 18.2 Å². The molecule has 1 aromatic heterocycles. The maximum absolute atomic E-state index is 13.4. The largest absolute Gasteiger partial charge is 0.507 e. The predicted octanol–water partition coefficient (Wildman–Crippen LogP) is 3.42. The first kappa shape index (κ1) is 11.3. The van der Waals surface area contributed by atoms with E-state index in [2.05, 4.69) is 4.98 Å². The zero-order valence-corrected chi connectivity index (χ0v) is 8.77. The summed E-state index contributed by atoms with van der Waals surface area (Å²) in [5.74, 6) is -2.43. The molecule has 17 heavy (non-hydrogen) atoms.